The van der Waals surface area contributed by atoms with Gasteiger partial charge in [0.05, 0.1) is 5.52 Å². The van der Waals surface area contributed by atoms with E-state index < -0.39 is 0 Å². The predicted molar refractivity (Wildman–Crippen MR) is 222 cm³/mol. The fourth-order valence-electron chi connectivity index (χ4n) is 5.87. The van der Waals surface area contributed by atoms with Crippen LogP contribution in [0.25, 0.3) is 38.2 Å². The molecule has 6 aromatic carbocycles. The van der Waals surface area contributed by atoms with Gasteiger partial charge in [-0.05, 0) is 58.9 Å². The molecular weight excluding hydrogens is 816 g/mol. The molecule has 0 bridgehead atoms. The number of nitrogen functional groups attached to an aromatic ring is 1. The molecule has 0 unspecified atom stereocenters. The van der Waals surface area contributed by atoms with E-state index >= 15 is 0 Å². The fraction of sp³-hybridized carbons (Fsp3) is 0.0625. The molecule has 0 amide bonds. The van der Waals surface area contributed by atoms with Crippen LogP contribution in [0, 0.1) is 0 Å². The number of rotatable bonds is 7. The van der Waals surface area contributed by atoms with Crippen LogP contribution in [0.5, 0.6) is 0 Å². The molecule has 0 atom stereocenters. The standard InChI is InChI=1S/C28H22N3.C13H12.C7H8N.W/c29-22-14-11-21(12-15-22)25-17-18-26(28-27(25)10-5-19-30-28)20-6-4-9-24(16-13-20)31-23-7-2-1-3-8-23;1-3-7-12(8-4-1)11-13-9-5-2-6-10-13;1-8-7-5-3-2-4-6-7;/h1-8,10-19H,9,29H2;1-10H,11H2;2-6H,1H3;/q-1;;-1;+2. The smallest absolute Gasteiger partial charge is 0.687 e. The van der Waals surface area contributed by atoms with Gasteiger partial charge in [0.25, 0.3) is 0 Å². The third-order valence-corrected chi connectivity index (χ3v) is 8.52. The van der Waals surface area contributed by atoms with Crippen LogP contribution in [0.2, 0.25) is 0 Å². The Hall–Kier alpha value is -5.96. The number of benzene rings is 6. The summed E-state index contributed by atoms with van der Waals surface area (Å²) in [5.74, 6) is 0. The molecule has 260 valence electrons. The van der Waals surface area contributed by atoms with Crippen LogP contribution < -0.4 is 5.73 Å². The van der Waals surface area contributed by atoms with Crippen molar-refractivity contribution in [3.63, 3.8) is 0 Å². The number of nitrogens with two attached hydrogens (primary N) is 1. The van der Waals surface area contributed by atoms with Gasteiger partial charge in [-0.2, -0.15) is 5.70 Å². The largest absolute Gasteiger partial charge is 2.00 e. The molecule has 0 spiro atoms. The Morgan fingerprint density at radius 3 is 1.74 bits per heavy atom. The molecule has 0 saturated heterocycles. The first-order valence-corrected chi connectivity index (χ1v) is 17.5. The van der Waals surface area contributed by atoms with Crippen molar-refractivity contribution < 1.29 is 21.1 Å². The van der Waals surface area contributed by atoms with Crippen molar-refractivity contribution in [1.29, 1.82) is 0 Å². The zero-order chi connectivity index (χ0) is 35.8. The minimum Gasteiger partial charge on any atom is -0.687 e. The van der Waals surface area contributed by atoms with Gasteiger partial charge in [-0.3, -0.25) is 4.98 Å². The van der Waals surface area contributed by atoms with Crippen molar-refractivity contribution in [3.8, 4) is 11.1 Å². The Balaban J connectivity index is 0.000000201. The summed E-state index contributed by atoms with van der Waals surface area (Å²) in [4.78, 5) is 4.73. The van der Waals surface area contributed by atoms with Gasteiger partial charge < -0.3 is 16.4 Å². The fourth-order valence-corrected chi connectivity index (χ4v) is 5.87. The van der Waals surface area contributed by atoms with Crippen molar-refractivity contribution in [1.82, 2.24) is 4.98 Å². The molecule has 0 aliphatic heterocycles. The van der Waals surface area contributed by atoms with Crippen LogP contribution in [-0.4, -0.2) is 12.0 Å². The Labute approximate surface area is 328 Å². The van der Waals surface area contributed by atoms with E-state index in [4.69, 9.17) is 16.0 Å². The van der Waals surface area contributed by atoms with E-state index in [-0.39, 0.29) is 21.1 Å². The van der Waals surface area contributed by atoms with E-state index in [0.717, 1.165) is 68.8 Å². The van der Waals surface area contributed by atoms with Crippen LogP contribution in [0.1, 0.15) is 23.1 Å². The van der Waals surface area contributed by atoms with Gasteiger partial charge in [-0.15, -0.1) is 18.4 Å². The number of pyridine rings is 1. The number of aromatic nitrogens is 1. The molecule has 1 aliphatic rings. The number of para-hydroxylation sites is 2. The van der Waals surface area contributed by atoms with E-state index in [1.165, 1.54) is 11.1 Å². The van der Waals surface area contributed by atoms with Crippen LogP contribution in [0.3, 0.4) is 0 Å². The number of allylic oxidation sites excluding steroid dienone is 5. The second-order valence-electron chi connectivity index (χ2n) is 12.2. The number of anilines is 1. The minimum atomic E-state index is 0. The SMILES string of the molecule is C[N-]c1ccccc1.Nc1ccc(-c2ccc(C3=CC=C([N-]c4ccccc4)CC=C3)c3ncccc23)cc1.[W+2].c1ccc(Cc2ccccc2)cc1. The first-order valence-electron chi connectivity index (χ1n) is 17.5. The van der Waals surface area contributed by atoms with E-state index in [2.05, 4.69) is 121 Å². The first-order chi connectivity index (χ1) is 25.7. The summed E-state index contributed by atoms with van der Waals surface area (Å²) in [6.07, 6.45) is 12.2. The predicted octanol–water partition coefficient (Wildman–Crippen LogP) is 13.0. The van der Waals surface area contributed by atoms with E-state index in [0.29, 0.717) is 0 Å². The topological polar surface area (TPSA) is 67.1 Å². The molecule has 7 aromatic rings. The second kappa shape index (κ2) is 20.2. The average molecular weight is 859 g/mol. The van der Waals surface area contributed by atoms with Gasteiger partial charge in [0.15, 0.2) is 0 Å². The minimum absolute atomic E-state index is 0. The van der Waals surface area contributed by atoms with Gasteiger partial charge in [0.2, 0.25) is 0 Å². The summed E-state index contributed by atoms with van der Waals surface area (Å²) >= 11 is 0. The summed E-state index contributed by atoms with van der Waals surface area (Å²) in [5, 5.41) is 9.87. The Kier molecular flexibility index (Phi) is 14.6. The molecule has 0 saturated carbocycles. The van der Waals surface area contributed by atoms with Crippen molar-refractivity contribution in [2.24, 2.45) is 0 Å². The molecular formula is C48H42N4W. The quantitative estimate of drug-likeness (QED) is 0.162. The van der Waals surface area contributed by atoms with Gasteiger partial charge in [0.1, 0.15) is 0 Å². The maximum Gasteiger partial charge on any atom is 2.00 e. The van der Waals surface area contributed by atoms with Gasteiger partial charge in [0, 0.05) is 22.8 Å². The molecule has 5 heteroatoms. The third kappa shape index (κ3) is 11.3. The second-order valence-corrected chi connectivity index (χ2v) is 12.2. The molecule has 2 N–H and O–H groups in total. The van der Waals surface area contributed by atoms with Crippen LogP contribution in [0.4, 0.5) is 17.1 Å². The third-order valence-electron chi connectivity index (χ3n) is 8.52. The van der Waals surface area contributed by atoms with E-state index in [1.54, 1.807) is 7.05 Å². The van der Waals surface area contributed by atoms with E-state index in [9.17, 15) is 0 Å². The molecule has 53 heavy (non-hydrogen) atoms. The zero-order valence-corrected chi connectivity index (χ0v) is 32.7. The molecule has 4 nitrogen and oxygen atoms in total. The van der Waals surface area contributed by atoms with Gasteiger partial charge in [-0.1, -0.05) is 176 Å². The molecule has 0 radical (unpaired) electrons. The number of hydrogen-bond acceptors (Lipinski definition) is 2. The summed E-state index contributed by atoms with van der Waals surface area (Å²) in [6.45, 7) is 0. The normalized spacial score (nSPS) is 11.6. The number of nitrogens with zero attached hydrogens (tertiary/aromatic N) is 3. The molecule has 1 aliphatic carbocycles. The maximum atomic E-state index is 5.87. The van der Waals surface area contributed by atoms with Gasteiger partial charge in [-0.25, -0.2) is 0 Å². The Morgan fingerprint density at radius 2 is 1.15 bits per heavy atom. The Morgan fingerprint density at radius 1 is 0.585 bits per heavy atom. The summed E-state index contributed by atoms with van der Waals surface area (Å²) < 4.78 is 0. The van der Waals surface area contributed by atoms with Gasteiger partial charge >= 0.3 is 21.1 Å². The zero-order valence-electron chi connectivity index (χ0n) is 29.8. The number of fused-ring (bicyclic) bond motifs is 1. The van der Waals surface area contributed by atoms with Crippen molar-refractivity contribution >= 4 is 33.5 Å². The summed E-state index contributed by atoms with van der Waals surface area (Å²) in [7, 11) is 1.79. The van der Waals surface area contributed by atoms with Crippen molar-refractivity contribution in [3.05, 3.63) is 233 Å². The van der Waals surface area contributed by atoms with Crippen LogP contribution in [-0.2, 0) is 27.5 Å². The van der Waals surface area contributed by atoms with Crippen LogP contribution in [0.15, 0.2) is 206 Å². The molecule has 1 heterocycles. The average Bonchev–Trinajstić information content (AvgIpc) is 3.45. The van der Waals surface area contributed by atoms with Crippen molar-refractivity contribution in [2.75, 3.05) is 12.8 Å². The summed E-state index contributed by atoms with van der Waals surface area (Å²) in [6, 6.07) is 57.4. The van der Waals surface area contributed by atoms with Crippen LogP contribution >= 0.6 is 0 Å². The number of hydrogen-bond donors (Lipinski definition) is 1. The molecule has 8 rings (SSSR count). The first kappa shape index (κ1) is 38.3. The molecule has 1 aromatic heterocycles. The van der Waals surface area contributed by atoms with E-state index in [1.807, 2.05) is 85.1 Å². The summed E-state index contributed by atoms with van der Waals surface area (Å²) in [5.41, 5.74) is 17.9. The monoisotopic (exact) mass is 858 g/mol. The Bertz CT molecular complexity index is 2190. The van der Waals surface area contributed by atoms with Crippen molar-refractivity contribution in [2.45, 2.75) is 12.8 Å². The molecule has 0 fully saturated rings. The maximum absolute atomic E-state index is 5.87.